The second-order valence-corrected chi connectivity index (χ2v) is 9.53. The molecule has 1 fully saturated rings. The predicted molar refractivity (Wildman–Crippen MR) is 114 cm³/mol. The van der Waals surface area contributed by atoms with E-state index in [0.717, 1.165) is 25.3 Å². The maximum atomic E-state index is 13.8. The molecular formula is C21H22ClFN2O5S. The molecular weight excluding hydrogens is 447 g/mol. The third-order valence-corrected chi connectivity index (χ3v) is 7.21. The van der Waals surface area contributed by atoms with Crippen molar-refractivity contribution in [3.63, 3.8) is 0 Å². The Bertz CT molecular complexity index is 1100. The molecule has 31 heavy (non-hydrogen) atoms. The van der Waals surface area contributed by atoms with Crippen LogP contribution in [-0.2, 0) is 19.6 Å². The highest BCUT2D eigenvalue weighted by atomic mass is 35.5. The Morgan fingerprint density at radius 1 is 1.13 bits per heavy atom. The Hall–Kier alpha value is -2.49. The minimum Gasteiger partial charge on any atom is -0.452 e. The lowest BCUT2D eigenvalue weighted by molar-refractivity contribution is -0.119. The maximum absolute atomic E-state index is 13.8. The van der Waals surface area contributed by atoms with Crippen LogP contribution in [0.2, 0.25) is 5.02 Å². The van der Waals surface area contributed by atoms with Crippen LogP contribution in [0.4, 0.5) is 10.1 Å². The minimum atomic E-state index is -3.86. The van der Waals surface area contributed by atoms with Gasteiger partial charge in [-0.05, 0) is 55.7 Å². The number of anilines is 1. The van der Waals surface area contributed by atoms with Crippen molar-refractivity contribution in [2.45, 2.75) is 31.1 Å². The lowest BCUT2D eigenvalue weighted by Crippen LogP contribution is -2.35. The lowest BCUT2D eigenvalue weighted by atomic mass is 10.2. The van der Waals surface area contributed by atoms with Crippen molar-refractivity contribution in [1.82, 2.24) is 4.31 Å². The van der Waals surface area contributed by atoms with Gasteiger partial charge in [-0.3, -0.25) is 4.79 Å². The fraction of sp³-hybridized carbons (Fsp3) is 0.333. The van der Waals surface area contributed by atoms with Crippen molar-refractivity contribution in [3.05, 3.63) is 58.4 Å². The van der Waals surface area contributed by atoms with E-state index in [2.05, 4.69) is 5.32 Å². The van der Waals surface area contributed by atoms with Gasteiger partial charge in [0.2, 0.25) is 10.0 Å². The molecule has 1 saturated heterocycles. The van der Waals surface area contributed by atoms with Gasteiger partial charge in [0.1, 0.15) is 10.7 Å². The summed E-state index contributed by atoms with van der Waals surface area (Å²) in [5.41, 5.74) is 0.599. The number of nitrogens with zero attached hydrogens (tertiary/aromatic N) is 1. The molecule has 1 heterocycles. The molecule has 0 unspecified atom stereocenters. The number of piperidine rings is 1. The van der Waals surface area contributed by atoms with E-state index in [1.54, 1.807) is 13.0 Å². The number of aryl methyl sites for hydroxylation is 1. The summed E-state index contributed by atoms with van der Waals surface area (Å²) in [5, 5.41) is 2.31. The number of ether oxygens (including phenoxy) is 1. The maximum Gasteiger partial charge on any atom is 0.338 e. The van der Waals surface area contributed by atoms with Crippen LogP contribution in [-0.4, -0.2) is 44.3 Å². The average molecular weight is 469 g/mol. The van der Waals surface area contributed by atoms with Crippen molar-refractivity contribution in [2.75, 3.05) is 25.0 Å². The molecule has 2 aromatic carbocycles. The third kappa shape index (κ3) is 5.61. The molecule has 0 aliphatic carbocycles. The zero-order valence-electron chi connectivity index (χ0n) is 16.9. The van der Waals surface area contributed by atoms with Gasteiger partial charge in [0.15, 0.2) is 6.61 Å². The molecule has 0 atom stereocenters. The summed E-state index contributed by atoms with van der Waals surface area (Å²) >= 11 is 6.09. The largest absolute Gasteiger partial charge is 0.452 e. The second kappa shape index (κ2) is 9.76. The number of carbonyl (C=O) groups is 2. The molecule has 2 aromatic rings. The fourth-order valence-electron chi connectivity index (χ4n) is 3.19. The number of sulfonamides is 1. The van der Waals surface area contributed by atoms with Gasteiger partial charge in [-0.25, -0.2) is 17.6 Å². The standard InChI is InChI=1S/C21H22ClFN2O5S/c1-14-5-8-18(17(23)11-14)24-20(26)13-30-21(27)15-6-7-16(22)19(12-15)31(28,29)25-9-3-2-4-10-25/h5-8,11-12H,2-4,9-10,13H2,1H3,(H,24,26). The van der Waals surface area contributed by atoms with E-state index in [1.165, 1.54) is 28.6 Å². The first-order chi connectivity index (χ1) is 14.7. The van der Waals surface area contributed by atoms with Crippen molar-refractivity contribution in [1.29, 1.82) is 0 Å². The number of hydrogen-bond donors (Lipinski definition) is 1. The summed E-state index contributed by atoms with van der Waals surface area (Å²) < 4.78 is 45.9. The Morgan fingerprint density at radius 3 is 2.52 bits per heavy atom. The smallest absolute Gasteiger partial charge is 0.338 e. The van der Waals surface area contributed by atoms with Crippen molar-refractivity contribution >= 4 is 39.2 Å². The first-order valence-corrected chi connectivity index (χ1v) is 11.5. The van der Waals surface area contributed by atoms with Crippen molar-refractivity contribution in [2.24, 2.45) is 0 Å². The Morgan fingerprint density at radius 2 is 1.84 bits per heavy atom. The molecule has 0 radical (unpaired) electrons. The minimum absolute atomic E-state index is 0.00490. The van der Waals surface area contributed by atoms with Gasteiger partial charge in [0, 0.05) is 13.1 Å². The molecule has 0 saturated carbocycles. The normalized spacial score (nSPS) is 14.8. The number of carbonyl (C=O) groups excluding carboxylic acids is 2. The molecule has 0 aromatic heterocycles. The first kappa shape index (κ1) is 23.2. The molecule has 1 aliphatic heterocycles. The van der Waals surface area contributed by atoms with Crippen molar-refractivity contribution < 1.29 is 27.1 Å². The van der Waals surface area contributed by atoms with E-state index in [1.807, 2.05) is 0 Å². The van der Waals surface area contributed by atoms with E-state index in [-0.39, 0.29) is 21.2 Å². The molecule has 7 nitrogen and oxygen atoms in total. The highest BCUT2D eigenvalue weighted by molar-refractivity contribution is 7.89. The Kier molecular flexibility index (Phi) is 7.30. The van der Waals surface area contributed by atoms with E-state index < -0.39 is 34.3 Å². The summed E-state index contributed by atoms with van der Waals surface area (Å²) in [6.45, 7) is 1.83. The van der Waals surface area contributed by atoms with E-state index in [9.17, 15) is 22.4 Å². The van der Waals surface area contributed by atoms with Crippen LogP contribution >= 0.6 is 11.6 Å². The average Bonchev–Trinajstić information content (AvgIpc) is 2.75. The summed E-state index contributed by atoms with van der Waals surface area (Å²) in [6.07, 6.45) is 2.48. The Labute approximate surface area is 185 Å². The van der Waals surface area contributed by atoms with E-state index in [0.29, 0.717) is 18.7 Å². The van der Waals surface area contributed by atoms with Crippen LogP contribution < -0.4 is 5.32 Å². The monoisotopic (exact) mass is 468 g/mol. The SMILES string of the molecule is Cc1ccc(NC(=O)COC(=O)c2ccc(Cl)c(S(=O)(=O)N3CCCCC3)c2)c(F)c1. The number of hydrogen-bond acceptors (Lipinski definition) is 5. The number of nitrogens with one attached hydrogen (secondary N) is 1. The number of benzene rings is 2. The summed E-state index contributed by atoms with van der Waals surface area (Å²) in [4.78, 5) is 24.2. The number of esters is 1. The highest BCUT2D eigenvalue weighted by Crippen LogP contribution is 2.28. The summed E-state index contributed by atoms with van der Waals surface area (Å²) in [6, 6.07) is 8.06. The molecule has 166 valence electrons. The van der Waals surface area contributed by atoms with Crippen LogP contribution in [0.1, 0.15) is 35.2 Å². The summed E-state index contributed by atoms with van der Waals surface area (Å²) in [7, 11) is -3.86. The molecule has 3 rings (SSSR count). The van der Waals surface area contributed by atoms with Gasteiger partial charge in [0.25, 0.3) is 5.91 Å². The molecule has 1 N–H and O–H groups in total. The molecule has 1 aliphatic rings. The van der Waals surface area contributed by atoms with Crippen LogP contribution in [0.3, 0.4) is 0 Å². The second-order valence-electron chi connectivity index (χ2n) is 7.22. The van der Waals surface area contributed by atoms with Crippen molar-refractivity contribution in [3.8, 4) is 0 Å². The number of amides is 1. The number of halogens is 2. The fourth-order valence-corrected chi connectivity index (χ4v) is 5.21. The molecule has 0 bridgehead atoms. The molecule has 10 heteroatoms. The summed E-state index contributed by atoms with van der Waals surface area (Å²) in [5.74, 6) is -2.23. The zero-order chi connectivity index (χ0) is 22.6. The van der Waals surface area contributed by atoms with Gasteiger partial charge >= 0.3 is 5.97 Å². The van der Waals surface area contributed by atoms with Gasteiger partial charge in [-0.1, -0.05) is 24.1 Å². The van der Waals surface area contributed by atoms with Gasteiger partial charge in [-0.15, -0.1) is 0 Å². The van der Waals surface area contributed by atoms with Gasteiger partial charge < -0.3 is 10.1 Å². The van der Waals surface area contributed by atoms with Gasteiger partial charge in [0.05, 0.1) is 16.3 Å². The third-order valence-electron chi connectivity index (χ3n) is 4.83. The number of rotatable bonds is 6. The van der Waals surface area contributed by atoms with Crippen LogP contribution in [0.5, 0.6) is 0 Å². The zero-order valence-corrected chi connectivity index (χ0v) is 18.4. The molecule has 0 spiro atoms. The van der Waals surface area contributed by atoms with E-state index in [4.69, 9.17) is 16.3 Å². The predicted octanol–water partition coefficient (Wildman–Crippen LogP) is 3.76. The quantitative estimate of drug-likeness (QED) is 0.651. The molecule has 1 amide bonds. The van der Waals surface area contributed by atoms with Crippen LogP contribution in [0.15, 0.2) is 41.3 Å². The van der Waals surface area contributed by atoms with Crippen LogP contribution in [0, 0.1) is 12.7 Å². The lowest BCUT2D eigenvalue weighted by Gasteiger charge is -2.26. The van der Waals surface area contributed by atoms with Crippen LogP contribution in [0.25, 0.3) is 0 Å². The highest BCUT2D eigenvalue weighted by Gasteiger charge is 2.29. The first-order valence-electron chi connectivity index (χ1n) is 9.71. The Balaban J connectivity index is 1.68. The van der Waals surface area contributed by atoms with E-state index >= 15 is 0 Å². The topological polar surface area (TPSA) is 92.8 Å². The van der Waals surface area contributed by atoms with Gasteiger partial charge in [-0.2, -0.15) is 4.31 Å².